The third-order valence-electron chi connectivity index (χ3n) is 8.18. The van der Waals surface area contributed by atoms with Crippen molar-refractivity contribution in [3.63, 3.8) is 0 Å². The van der Waals surface area contributed by atoms with Gasteiger partial charge < -0.3 is 5.73 Å². The molecule has 0 radical (unpaired) electrons. The Morgan fingerprint density at radius 2 is 1.82 bits per heavy atom. The summed E-state index contributed by atoms with van der Waals surface area (Å²) >= 11 is 0. The smallest absolute Gasteiger partial charge is 0.223 e. The van der Waals surface area contributed by atoms with Crippen molar-refractivity contribution < 1.29 is 4.79 Å². The van der Waals surface area contributed by atoms with Crippen LogP contribution < -0.4 is 5.73 Å². The predicted molar refractivity (Wildman–Crippen MR) is 91.1 cm³/mol. The van der Waals surface area contributed by atoms with Gasteiger partial charge in [-0.3, -0.25) is 4.79 Å². The fourth-order valence-corrected chi connectivity index (χ4v) is 6.77. The highest BCUT2D eigenvalue weighted by molar-refractivity contribution is 5.81. The molecule has 2 N–H and O–H groups in total. The Balaban J connectivity index is 1.86. The number of primary amides is 1. The van der Waals surface area contributed by atoms with Crippen molar-refractivity contribution in [3.8, 4) is 0 Å². The molecule has 0 saturated heterocycles. The molecule has 3 saturated carbocycles. The van der Waals surface area contributed by atoms with Gasteiger partial charge in [0.1, 0.15) is 0 Å². The molecule has 0 heterocycles. The number of carbonyl (C=O) groups is 1. The lowest BCUT2D eigenvalue weighted by atomic mass is 9.43. The number of fused-ring (bicyclic) bond motifs is 3. The molecule has 2 nitrogen and oxygen atoms in total. The lowest BCUT2D eigenvalue weighted by Crippen LogP contribution is -2.57. The van der Waals surface area contributed by atoms with E-state index in [2.05, 4.69) is 27.7 Å². The number of amides is 1. The predicted octanol–water partition coefficient (Wildman–Crippen LogP) is 4.77. The van der Waals surface area contributed by atoms with Crippen LogP contribution in [0.1, 0.15) is 79.1 Å². The minimum atomic E-state index is -0.257. The number of nitrogens with two attached hydrogens (primary N) is 1. The zero-order valence-electron chi connectivity index (χ0n) is 15.0. The van der Waals surface area contributed by atoms with Gasteiger partial charge in [-0.25, -0.2) is 0 Å². The average molecular weight is 306 g/mol. The molecule has 2 heteroatoms. The Morgan fingerprint density at radius 3 is 2.45 bits per heavy atom. The normalized spacial score (nSPS) is 48.6. The van der Waals surface area contributed by atoms with Crippen molar-refractivity contribution in [2.45, 2.75) is 79.1 Å². The van der Waals surface area contributed by atoms with Crippen LogP contribution in [0.5, 0.6) is 0 Å². The summed E-state index contributed by atoms with van der Waals surface area (Å²) in [6, 6.07) is 0. The molecule has 3 aliphatic rings. The SMILES string of the molecule is CC(C)C1CCC2C(CCC3C(C)(C(N)=O)CCCC23C)C1. The van der Waals surface area contributed by atoms with Crippen LogP contribution in [-0.4, -0.2) is 5.91 Å². The van der Waals surface area contributed by atoms with Crippen molar-refractivity contribution >= 4 is 5.91 Å². The molecule has 3 aliphatic carbocycles. The molecule has 1 amide bonds. The second-order valence-corrected chi connectivity index (χ2v) is 9.45. The largest absolute Gasteiger partial charge is 0.369 e. The Labute approximate surface area is 136 Å². The second kappa shape index (κ2) is 5.53. The maximum absolute atomic E-state index is 12.2. The standard InChI is InChI=1S/C20H35NO/c1-13(2)14-6-8-16-15(12-14)7-9-17-19(16,3)10-5-11-20(17,4)18(21)22/h13-17H,5-12H2,1-4H3,(H2,21,22). The summed E-state index contributed by atoms with van der Waals surface area (Å²) in [6.45, 7) is 9.45. The minimum Gasteiger partial charge on any atom is -0.369 e. The highest BCUT2D eigenvalue weighted by atomic mass is 16.1. The molecule has 0 aromatic heterocycles. The molecule has 6 atom stereocenters. The van der Waals surface area contributed by atoms with Gasteiger partial charge in [-0.1, -0.05) is 34.1 Å². The van der Waals surface area contributed by atoms with Crippen LogP contribution in [0.2, 0.25) is 0 Å². The maximum Gasteiger partial charge on any atom is 0.223 e. The van der Waals surface area contributed by atoms with Gasteiger partial charge >= 0.3 is 0 Å². The van der Waals surface area contributed by atoms with Gasteiger partial charge in [-0.2, -0.15) is 0 Å². The van der Waals surface area contributed by atoms with Crippen LogP contribution in [0, 0.1) is 40.4 Å². The van der Waals surface area contributed by atoms with Crippen molar-refractivity contribution in [3.05, 3.63) is 0 Å². The highest BCUT2D eigenvalue weighted by Gasteiger charge is 2.58. The maximum atomic E-state index is 12.2. The first-order chi connectivity index (χ1) is 10.3. The van der Waals surface area contributed by atoms with Gasteiger partial charge in [0.2, 0.25) is 5.91 Å². The van der Waals surface area contributed by atoms with Crippen LogP contribution in [0.25, 0.3) is 0 Å². The summed E-state index contributed by atoms with van der Waals surface area (Å²) in [7, 11) is 0. The molecule has 3 fully saturated rings. The van der Waals surface area contributed by atoms with Gasteiger partial charge in [-0.05, 0) is 80.0 Å². The first kappa shape index (κ1) is 16.3. The Hall–Kier alpha value is -0.530. The topological polar surface area (TPSA) is 43.1 Å². The van der Waals surface area contributed by atoms with E-state index in [9.17, 15) is 4.79 Å². The van der Waals surface area contributed by atoms with Gasteiger partial charge in [0.25, 0.3) is 0 Å². The molecule has 0 aromatic carbocycles. The third-order valence-corrected chi connectivity index (χ3v) is 8.18. The fourth-order valence-electron chi connectivity index (χ4n) is 6.77. The van der Waals surface area contributed by atoms with Crippen LogP contribution in [0.4, 0.5) is 0 Å². The zero-order valence-corrected chi connectivity index (χ0v) is 15.0. The Morgan fingerprint density at radius 1 is 1.09 bits per heavy atom. The zero-order chi connectivity index (χ0) is 16.1. The summed E-state index contributed by atoms with van der Waals surface area (Å²) in [4.78, 5) is 12.2. The molecule has 0 aromatic rings. The quantitative estimate of drug-likeness (QED) is 0.785. The number of hydrogen-bond acceptors (Lipinski definition) is 1. The van der Waals surface area contributed by atoms with E-state index in [0.29, 0.717) is 11.3 Å². The lowest BCUT2D eigenvalue weighted by Gasteiger charge is -2.61. The fraction of sp³-hybridized carbons (Fsp3) is 0.950. The van der Waals surface area contributed by atoms with E-state index in [1.54, 1.807) is 0 Å². The molecule has 0 aliphatic heterocycles. The van der Waals surface area contributed by atoms with Crippen LogP contribution in [-0.2, 0) is 4.79 Å². The highest BCUT2D eigenvalue weighted by Crippen LogP contribution is 2.64. The number of hydrogen-bond donors (Lipinski definition) is 1. The van der Waals surface area contributed by atoms with E-state index in [1.165, 1.54) is 44.9 Å². The van der Waals surface area contributed by atoms with E-state index >= 15 is 0 Å². The molecule has 22 heavy (non-hydrogen) atoms. The molecule has 3 rings (SSSR count). The number of rotatable bonds is 2. The summed E-state index contributed by atoms with van der Waals surface area (Å²) in [5.74, 6) is 3.96. The van der Waals surface area contributed by atoms with E-state index in [0.717, 1.165) is 30.1 Å². The summed E-state index contributed by atoms with van der Waals surface area (Å²) in [5.41, 5.74) is 5.96. The summed E-state index contributed by atoms with van der Waals surface area (Å²) in [5, 5.41) is 0. The first-order valence-electron chi connectivity index (χ1n) is 9.59. The third kappa shape index (κ3) is 2.32. The van der Waals surface area contributed by atoms with Crippen molar-refractivity contribution in [2.24, 2.45) is 46.2 Å². The molecule has 126 valence electrons. The lowest BCUT2D eigenvalue weighted by molar-refractivity contribution is -0.154. The van der Waals surface area contributed by atoms with Crippen LogP contribution >= 0.6 is 0 Å². The van der Waals surface area contributed by atoms with E-state index in [-0.39, 0.29) is 11.3 Å². The summed E-state index contributed by atoms with van der Waals surface area (Å²) in [6.07, 6.45) is 10.3. The van der Waals surface area contributed by atoms with Crippen molar-refractivity contribution in [1.29, 1.82) is 0 Å². The molecule has 0 bridgehead atoms. The van der Waals surface area contributed by atoms with Crippen molar-refractivity contribution in [1.82, 2.24) is 0 Å². The van der Waals surface area contributed by atoms with Crippen molar-refractivity contribution in [2.75, 3.05) is 0 Å². The molecular weight excluding hydrogens is 270 g/mol. The average Bonchev–Trinajstić information content (AvgIpc) is 2.46. The van der Waals surface area contributed by atoms with Gasteiger partial charge in [-0.15, -0.1) is 0 Å². The molecule has 0 spiro atoms. The van der Waals surface area contributed by atoms with Crippen LogP contribution in [0.15, 0.2) is 0 Å². The monoisotopic (exact) mass is 305 g/mol. The van der Waals surface area contributed by atoms with Gasteiger partial charge in [0.15, 0.2) is 0 Å². The summed E-state index contributed by atoms with van der Waals surface area (Å²) < 4.78 is 0. The van der Waals surface area contributed by atoms with Crippen LogP contribution in [0.3, 0.4) is 0 Å². The van der Waals surface area contributed by atoms with Gasteiger partial charge in [0, 0.05) is 5.41 Å². The molecular formula is C20H35NO. The van der Waals surface area contributed by atoms with E-state index in [1.807, 2.05) is 0 Å². The minimum absolute atomic E-state index is 0.0438. The number of carbonyl (C=O) groups excluding carboxylic acids is 1. The Bertz CT molecular complexity index is 445. The Kier molecular flexibility index (Phi) is 4.10. The van der Waals surface area contributed by atoms with E-state index < -0.39 is 0 Å². The first-order valence-corrected chi connectivity index (χ1v) is 9.59. The second-order valence-electron chi connectivity index (χ2n) is 9.45. The molecule has 6 unspecified atom stereocenters. The van der Waals surface area contributed by atoms with Gasteiger partial charge in [0.05, 0.1) is 0 Å². The van der Waals surface area contributed by atoms with E-state index in [4.69, 9.17) is 5.73 Å².